The highest BCUT2D eigenvalue weighted by Gasteiger charge is 2.22. The Morgan fingerprint density at radius 3 is 1.41 bits per heavy atom. The number of hydrogen-bond donors (Lipinski definition) is 1. The van der Waals surface area contributed by atoms with Gasteiger partial charge in [-0.05, 0) is 62.5 Å². The molecule has 2 saturated carbocycles. The van der Waals surface area contributed by atoms with E-state index in [9.17, 15) is 9.90 Å². The Morgan fingerprint density at radius 2 is 1.07 bits per heavy atom. The minimum atomic E-state index is -1.07. The van der Waals surface area contributed by atoms with E-state index in [0.717, 1.165) is 23.2 Å². The highest BCUT2D eigenvalue weighted by atomic mass is 16.4. The van der Waals surface area contributed by atoms with Crippen molar-refractivity contribution in [1.82, 2.24) is 0 Å². The smallest absolute Gasteiger partial charge is 0.0861 e. The van der Waals surface area contributed by atoms with Crippen LogP contribution in [0.3, 0.4) is 0 Å². The van der Waals surface area contributed by atoms with Crippen molar-refractivity contribution in [3.8, 4) is 0 Å². The van der Waals surface area contributed by atoms with Crippen LogP contribution in [0.15, 0.2) is 60.7 Å². The lowest BCUT2D eigenvalue weighted by Crippen LogP contribution is -2.95. The van der Waals surface area contributed by atoms with E-state index in [0.29, 0.717) is 0 Å². The van der Waals surface area contributed by atoms with Crippen LogP contribution < -0.4 is 10.4 Å². The summed E-state index contributed by atoms with van der Waals surface area (Å²) in [6.07, 6.45) is 15.0. The van der Waals surface area contributed by atoms with Crippen LogP contribution in [0.1, 0.15) is 81.3 Å². The second kappa shape index (κ2) is 11.8. The Balaban J connectivity index is 0.000000169. The molecule has 0 bridgehead atoms. The molecule has 0 unspecified atom stereocenters. The predicted octanol–water partition coefficient (Wildman–Crippen LogP) is 3.78. The minimum Gasteiger partial charge on any atom is -0.549 e. The van der Waals surface area contributed by atoms with Gasteiger partial charge in [0.05, 0.1) is 18.1 Å². The molecule has 2 aromatic rings. The average Bonchev–Trinajstić information content (AvgIpc) is 2.77. The van der Waals surface area contributed by atoms with E-state index < -0.39 is 11.9 Å². The van der Waals surface area contributed by atoms with Gasteiger partial charge in [0.15, 0.2) is 0 Å². The molecule has 2 aromatic carbocycles. The number of nitrogens with two attached hydrogens (primary N) is 1. The number of aliphatic carboxylic acids is 1. The molecule has 3 nitrogen and oxygen atoms in total. The molecular formula is C26H35NO2. The van der Waals surface area contributed by atoms with E-state index in [-0.39, 0.29) is 0 Å². The third-order valence-electron chi connectivity index (χ3n) is 6.35. The van der Waals surface area contributed by atoms with Crippen molar-refractivity contribution in [2.75, 3.05) is 0 Å². The first kappa shape index (κ1) is 21.6. The molecule has 2 fully saturated rings. The van der Waals surface area contributed by atoms with Crippen LogP contribution in [-0.4, -0.2) is 18.1 Å². The highest BCUT2D eigenvalue weighted by Crippen LogP contribution is 2.23. The van der Waals surface area contributed by atoms with Gasteiger partial charge >= 0.3 is 0 Å². The van der Waals surface area contributed by atoms with Gasteiger partial charge in [0.25, 0.3) is 0 Å². The monoisotopic (exact) mass is 393 g/mol. The van der Waals surface area contributed by atoms with Gasteiger partial charge in [-0.15, -0.1) is 0 Å². The van der Waals surface area contributed by atoms with E-state index in [4.69, 9.17) is 0 Å². The molecule has 0 atom stereocenters. The SMILES string of the molecule is C1CCC([NH2+]C2CCCCC2)CC1.O=C([O-])C(c1ccccc1)c1ccccc1. The molecule has 156 valence electrons. The number of rotatable bonds is 5. The first-order valence-electron chi connectivity index (χ1n) is 11.4. The predicted molar refractivity (Wildman–Crippen MR) is 115 cm³/mol. The lowest BCUT2D eigenvalue weighted by molar-refractivity contribution is -0.725. The van der Waals surface area contributed by atoms with Crippen molar-refractivity contribution in [2.45, 2.75) is 82.2 Å². The van der Waals surface area contributed by atoms with Gasteiger partial charge in [0.1, 0.15) is 0 Å². The van der Waals surface area contributed by atoms with Crippen molar-refractivity contribution in [3.63, 3.8) is 0 Å². The standard InChI is InChI=1S/C14H12O2.C12H23N/c15-14(16)13(11-7-3-1-4-8-11)12-9-5-2-6-10-12;1-3-7-11(8-4-1)13-12-9-5-2-6-10-12/h1-10,13H,(H,15,16);11-13H,1-10H2. The van der Waals surface area contributed by atoms with Crippen LogP contribution in [0.4, 0.5) is 0 Å². The topological polar surface area (TPSA) is 56.7 Å². The van der Waals surface area contributed by atoms with Crippen LogP contribution in [0.25, 0.3) is 0 Å². The van der Waals surface area contributed by atoms with Gasteiger partial charge in [-0.3, -0.25) is 0 Å². The van der Waals surface area contributed by atoms with E-state index in [2.05, 4.69) is 5.32 Å². The molecule has 0 saturated heterocycles. The molecule has 2 aliphatic carbocycles. The zero-order chi connectivity index (χ0) is 20.3. The molecule has 2 aliphatic rings. The van der Waals surface area contributed by atoms with Crippen LogP contribution in [0, 0.1) is 0 Å². The molecule has 0 radical (unpaired) electrons. The zero-order valence-corrected chi connectivity index (χ0v) is 17.5. The molecule has 0 heterocycles. The van der Waals surface area contributed by atoms with E-state index in [1.165, 1.54) is 64.2 Å². The molecule has 29 heavy (non-hydrogen) atoms. The number of carboxylic acids is 1. The van der Waals surface area contributed by atoms with Crippen LogP contribution >= 0.6 is 0 Å². The normalized spacial score (nSPS) is 18.1. The quantitative estimate of drug-likeness (QED) is 0.840. The number of benzene rings is 2. The first-order valence-corrected chi connectivity index (χ1v) is 11.4. The van der Waals surface area contributed by atoms with Crippen LogP contribution in [0.5, 0.6) is 0 Å². The fraction of sp³-hybridized carbons (Fsp3) is 0.500. The van der Waals surface area contributed by atoms with Gasteiger partial charge in [-0.2, -0.15) is 0 Å². The summed E-state index contributed by atoms with van der Waals surface area (Å²) >= 11 is 0. The largest absolute Gasteiger partial charge is 0.549 e. The van der Waals surface area contributed by atoms with Gasteiger partial charge in [0, 0.05) is 5.92 Å². The van der Waals surface area contributed by atoms with Gasteiger partial charge < -0.3 is 15.2 Å². The summed E-state index contributed by atoms with van der Waals surface area (Å²) in [5, 5.41) is 13.9. The average molecular weight is 394 g/mol. The Morgan fingerprint density at radius 1 is 0.690 bits per heavy atom. The Kier molecular flexibility index (Phi) is 8.76. The number of carbonyl (C=O) groups excluding carboxylic acids is 1. The molecule has 2 N–H and O–H groups in total. The Hall–Kier alpha value is -2.13. The van der Waals surface area contributed by atoms with Crippen molar-refractivity contribution in [3.05, 3.63) is 71.8 Å². The maximum Gasteiger partial charge on any atom is 0.0861 e. The van der Waals surface area contributed by atoms with Crippen LogP contribution in [0.2, 0.25) is 0 Å². The summed E-state index contributed by atoms with van der Waals surface area (Å²) in [7, 11) is 0. The second-order valence-electron chi connectivity index (χ2n) is 8.56. The third-order valence-corrected chi connectivity index (χ3v) is 6.35. The number of quaternary nitrogens is 1. The molecular weight excluding hydrogens is 358 g/mol. The maximum absolute atomic E-state index is 11.2. The molecule has 0 amide bonds. The number of carboxylic acid groups (broad SMARTS) is 1. The first-order chi connectivity index (χ1) is 14.2. The van der Waals surface area contributed by atoms with Crippen molar-refractivity contribution < 1.29 is 15.2 Å². The molecule has 3 heteroatoms. The molecule has 0 aliphatic heterocycles. The van der Waals surface area contributed by atoms with E-state index >= 15 is 0 Å². The lowest BCUT2D eigenvalue weighted by Gasteiger charge is -2.27. The number of hydrogen-bond acceptors (Lipinski definition) is 2. The van der Waals surface area contributed by atoms with E-state index in [1.54, 1.807) is 24.3 Å². The van der Waals surface area contributed by atoms with Crippen molar-refractivity contribution >= 4 is 5.97 Å². The summed E-state index contributed by atoms with van der Waals surface area (Å²) < 4.78 is 0. The summed E-state index contributed by atoms with van der Waals surface area (Å²) in [5.74, 6) is -1.76. The Labute approximate surface area is 175 Å². The second-order valence-corrected chi connectivity index (χ2v) is 8.56. The van der Waals surface area contributed by atoms with Crippen molar-refractivity contribution in [2.24, 2.45) is 0 Å². The molecule has 4 rings (SSSR count). The summed E-state index contributed by atoms with van der Waals surface area (Å²) in [6.45, 7) is 0. The van der Waals surface area contributed by atoms with Gasteiger partial charge in [-0.1, -0.05) is 73.5 Å². The maximum atomic E-state index is 11.2. The summed E-state index contributed by atoms with van der Waals surface area (Å²) in [5.41, 5.74) is 1.49. The fourth-order valence-corrected chi connectivity index (χ4v) is 4.79. The zero-order valence-electron chi connectivity index (χ0n) is 17.5. The van der Waals surface area contributed by atoms with Gasteiger partial charge in [-0.25, -0.2) is 0 Å². The van der Waals surface area contributed by atoms with Gasteiger partial charge in [0.2, 0.25) is 0 Å². The Bertz CT molecular complexity index is 649. The summed E-state index contributed by atoms with van der Waals surface area (Å²) in [4.78, 5) is 11.2. The third kappa shape index (κ3) is 7.01. The molecule has 0 spiro atoms. The van der Waals surface area contributed by atoms with Crippen molar-refractivity contribution in [1.29, 1.82) is 0 Å². The van der Waals surface area contributed by atoms with E-state index in [1.807, 2.05) is 36.4 Å². The number of carbonyl (C=O) groups is 1. The lowest BCUT2D eigenvalue weighted by atomic mass is 9.91. The molecule has 0 aromatic heterocycles. The fourth-order valence-electron chi connectivity index (χ4n) is 4.79. The van der Waals surface area contributed by atoms with Crippen LogP contribution in [-0.2, 0) is 4.79 Å². The highest BCUT2D eigenvalue weighted by molar-refractivity contribution is 5.78. The minimum absolute atomic E-state index is 0.692. The summed E-state index contributed by atoms with van der Waals surface area (Å²) in [6, 6.07) is 20.2.